The van der Waals surface area contributed by atoms with Crippen LogP contribution in [0.25, 0.3) is 0 Å². The van der Waals surface area contributed by atoms with Gasteiger partial charge in [0.2, 0.25) is 0 Å². The lowest BCUT2D eigenvalue weighted by atomic mass is 10.1. The molecule has 0 aromatic heterocycles. The van der Waals surface area contributed by atoms with E-state index in [-0.39, 0.29) is 18.0 Å². The van der Waals surface area contributed by atoms with Crippen molar-refractivity contribution in [2.45, 2.75) is 18.9 Å². The second-order valence-electron chi connectivity index (χ2n) is 6.13. The lowest BCUT2D eigenvalue weighted by molar-refractivity contribution is 0.108. The lowest BCUT2D eigenvalue weighted by Crippen LogP contribution is -2.49. The number of para-hydroxylation sites is 1. The van der Waals surface area contributed by atoms with Crippen LogP contribution in [-0.2, 0) is 0 Å². The van der Waals surface area contributed by atoms with Gasteiger partial charge in [-0.25, -0.2) is 0 Å². The summed E-state index contributed by atoms with van der Waals surface area (Å²) in [6.07, 6.45) is 0.997. The summed E-state index contributed by atoms with van der Waals surface area (Å²) in [4.78, 5) is 1.82. The Labute approximate surface area is 152 Å². The fraction of sp³-hybridized carbons (Fsp3) is 0.263. The smallest absolute Gasteiger partial charge is 0.199 e. The van der Waals surface area contributed by atoms with Crippen LogP contribution in [0.15, 0.2) is 54.6 Å². The Morgan fingerprint density at radius 3 is 2.42 bits per heavy atom. The van der Waals surface area contributed by atoms with Gasteiger partial charge in [-0.2, -0.15) is 0 Å². The molecule has 1 aliphatic rings. The maximum Gasteiger partial charge on any atom is 0.199 e. The van der Waals surface area contributed by atoms with E-state index in [2.05, 4.69) is 10.6 Å². The molecular weight excluding hydrogens is 330 g/mol. The topological polar surface area (TPSA) is 104 Å². The van der Waals surface area contributed by atoms with E-state index in [0.29, 0.717) is 37.4 Å². The van der Waals surface area contributed by atoms with Gasteiger partial charge in [0.25, 0.3) is 0 Å². The van der Waals surface area contributed by atoms with Gasteiger partial charge in [0.15, 0.2) is 11.9 Å². The Kier molecular flexibility index (Phi) is 5.70. The molecular formula is C19H23N5O2. The maximum absolute atomic E-state index is 9.53. The van der Waals surface area contributed by atoms with Crippen molar-refractivity contribution < 1.29 is 9.84 Å². The number of ether oxygens (including phenoxy) is 1. The fourth-order valence-electron chi connectivity index (χ4n) is 2.72. The van der Waals surface area contributed by atoms with Gasteiger partial charge in [-0.15, -0.1) is 0 Å². The number of piperidine rings is 1. The normalized spacial score (nSPS) is 14.6. The van der Waals surface area contributed by atoms with E-state index < -0.39 is 0 Å². The molecule has 1 saturated heterocycles. The number of nitrogens with one attached hydrogen (secondary N) is 4. The van der Waals surface area contributed by atoms with E-state index in [1.807, 2.05) is 53.4 Å². The summed E-state index contributed by atoms with van der Waals surface area (Å²) in [7, 11) is 0. The molecule has 136 valence electrons. The summed E-state index contributed by atoms with van der Waals surface area (Å²) in [5.74, 6) is 1.57. The summed E-state index contributed by atoms with van der Waals surface area (Å²) >= 11 is 0. The predicted octanol–water partition coefficient (Wildman–Crippen LogP) is 2.81. The molecule has 0 unspecified atom stereocenters. The number of likely N-dealkylation sites (tertiary alicyclic amines) is 1. The first-order chi connectivity index (χ1) is 12.6. The van der Waals surface area contributed by atoms with Crippen LogP contribution in [-0.4, -0.2) is 41.1 Å². The first-order valence-electron chi connectivity index (χ1n) is 8.57. The minimum atomic E-state index is -0.288. The van der Waals surface area contributed by atoms with Crippen LogP contribution < -0.4 is 15.4 Å². The molecule has 0 aliphatic carbocycles. The highest BCUT2D eigenvalue weighted by Gasteiger charge is 2.19. The van der Waals surface area contributed by atoms with Crippen molar-refractivity contribution >= 4 is 17.6 Å². The van der Waals surface area contributed by atoms with E-state index in [1.165, 1.54) is 0 Å². The van der Waals surface area contributed by atoms with Crippen LogP contribution in [0, 0.1) is 10.8 Å². The Morgan fingerprint density at radius 1 is 1.00 bits per heavy atom. The van der Waals surface area contributed by atoms with Gasteiger partial charge in [0, 0.05) is 24.8 Å². The number of rotatable bonds is 3. The largest absolute Gasteiger partial charge is 0.457 e. The van der Waals surface area contributed by atoms with Crippen molar-refractivity contribution in [3.05, 3.63) is 54.6 Å². The molecule has 0 spiro atoms. The van der Waals surface area contributed by atoms with Gasteiger partial charge in [-0.05, 0) is 37.1 Å². The van der Waals surface area contributed by atoms with Crippen LogP contribution >= 0.6 is 0 Å². The highest BCUT2D eigenvalue weighted by Crippen LogP contribution is 2.23. The van der Waals surface area contributed by atoms with Crippen LogP contribution in [0.1, 0.15) is 12.8 Å². The molecule has 0 bridgehead atoms. The standard InChI is InChI=1S/C19H23N5O2/c20-18(23-19(21)24-11-9-15(25)10-12-24)22-14-5-4-8-17(13-14)26-16-6-2-1-3-7-16/h1-8,13,15,25H,9-12H2,(H4,20,21,22,23). The monoisotopic (exact) mass is 353 g/mol. The van der Waals surface area contributed by atoms with E-state index in [0.717, 1.165) is 5.75 Å². The minimum Gasteiger partial charge on any atom is -0.457 e. The molecule has 0 saturated carbocycles. The Hall–Kier alpha value is -3.06. The van der Waals surface area contributed by atoms with Gasteiger partial charge in [-0.1, -0.05) is 24.3 Å². The zero-order valence-electron chi connectivity index (χ0n) is 14.4. The molecule has 1 aliphatic heterocycles. The van der Waals surface area contributed by atoms with Crippen molar-refractivity contribution in [2.24, 2.45) is 0 Å². The van der Waals surface area contributed by atoms with E-state index in [9.17, 15) is 5.11 Å². The predicted molar refractivity (Wildman–Crippen MR) is 102 cm³/mol. The molecule has 7 heteroatoms. The van der Waals surface area contributed by atoms with Crippen molar-refractivity contribution in [3.63, 3.8) is 0 Å². The Bertz CT molecular complexity index is 758. The quantitative estimate of drug-likeness (QED) is 0.431. The van der Waals surface area contributed by atoms with Gasteiger partial charge in [-0.3, -0.25) is 16.1 Å². The Balaban J connectivity index is 1.54. The highest BCUT2D eigenvalue weighted by molar-refractivity contribution is 6.02. The number of guanidine groups is 2. The number of hydrogen-bond donors (Lipinski definition) is 5. The van der Waals surface area contributed by atoms with Gasteiger partial charge in [0.1, 0.15) is 11.5 Å². The van der Waals surface area contributed by atoms with Crippen molar-refractivity contribution in [1.82, 2.24) is 10.2 Å². The van der Waals surface area contributed by atoms with Gasteiger partial charge >= 0.3 is 0 Å². The third-order valence-electron chi connectivity index (χ3n) is 4.11. The van der Waals surface area contributed by atoms with Crippen LogP contribution in [0.2, 0.25) is 0 Å². The van der Waals surface area contributed by atoms with Crippen LogP contribution in [0.3, 0.4) is 0 Å². The van der Waals surface area contributed by atoms with Crippen molar-refractivity contribution in [1.29, 1.82) is 10.8 Å². The summed E-state index contributed by atoms with van der Waals surface area (Å²) in [5.41, 5.74) is 0.692. The first-order valence-corrected chi connectivity index (χ1v) is 8.57. The number of nitrogens with zero attached hydrogens (tertiary/aromatic N) is 1. The number of anilines is 1. The molecule has 0 radical (unpaired) electrons. The van der Waals surface area contributed by atoms with Crippen LogP contribution in [0.4, 0.5) is 5.69 Å². The number of aliphatic hydroxyl groups is 1. The molecule has 0 atom stereocenters. The van der Waals surface area contributed by atoms with Crippen molar-refractivity contribution in [3.8, 4) is 11.5 Å². The second-order valence-corrected chi connectivity index (χ2v) is 6.13. The molecule has 26 heavy (non-hydrogen) atoms. The van der Waals surface area contributed by atoms with Crippen molar-refractivity contribution in [2.75, 3.05) is 18.4 Å². The molecule has 2 aromatic rings. The number of aliphatic hydroxyl groups excluding tert-OH is 1. The van der Waals surface area contributed by atoms with E-state index in [1.54, 1.807) is 6.07 Å². The SMILES string of the molecule is N=C(NC(=N)N1CCC(O)CC1)Nc1cccc(Oc2ccccc2)c1. The molecule has 2 aromatic carbocycles. The summed E-state index contributed by atoms with van der Waals surface area (Å²) in [5, 5.41) is 31.3. The second kappa shape index (κ2) is 8.35. The minimum absolute atomic E-state index is 0.0120. The number of hydrogen-bond acceptors (Lipinski definition) is 4. The van der Waals surface area contributed by atoms with Gasteiger partial charge in [0.05, 0.1) is 6.10 Å². The molecule has 1 heterocycles. The highest BCUT2D eigenvalue weighted by atomic mass is 16.5. The maximum atomic E-state index is 9.53. The average molecular weight is 353 g/mol. The summed E-state index contributed by atoms with van der Waals surface area (Å²) in [6, 6.07) is 16.8. The van der Waals surface area contributed by atoms with Crippen LogP contribution in [0.5, 0.6) is 11.5 Å². The summed E-state index contributed by atoms with van der Waals surface area (Å²) < 4.78 is 5.78. The molecule has 0 amide bonds. The lowest BCUT2D eigenvalue weighted by Gasteiger charge is -2.31. The first kappa shape index (κ1) is 17.8. The van der Waals surface area contributed by atoms with E-state index >= 15 is 0 Å². The van der Waals surface area contributed by atoms with E-state index in [4.69, 9.17) is 15.6 Å². The number of benzene rings is 2. The zero-order chi connectivity index (χ0) is 18.4. The third kappa shape index (κ3) is 4.97. The molecule has 7 nitrogen and oxygen atoms in total. The average Bonchev–Trinajstić information content (AvgIpc) is 2.63. The third-order valence-corrected chi connectivity index (χ3v) is 4.11. The zero-order valence-corrected chi connectivity index (χ0v) is 14.4. The molecule has 3 rings (SSSR count). The fourth-order valence-corrected chi connectivity index (χ4v) is 2.72. The van der Waals surface area contributed by atoms with Gasteiger partial charge < -0.3 is 20.1 Å². The summed E-state index contributed by atoms with van der Waals surface area (Å²) in [6.45, 7) is 1.22. The molecule has 5 N–H and O–H groups in total. The Morgan fingerprint density at radius 2 is 1.69 bits per heavy atom. The molecule has 1 fully saturated rings.